The van der Waals surface area contributed by atoms with E-state index in [1.807, 2.05) is 12.1 Å². The molecule has 1 saturated carbocycles. The van der Waals surface area contributed by atoms with E-state index in [1.165, 1.54) is 30.4 Å². The highest BCUT2D eigenvalue weighted by Gasteiger charge is 2.23. The molecule has 2 unspecified atom stereocenters. The summed E-state index contributed by atoms with van der Waals surface area (Å²) in [5, 5.41) is 13.1. The van der Waals surface area contributed by atoms with Crippen LogP contribution in [0.15, 0.2) is 29.8 Å². The van der Waals surface area contributed by atoms with Gasteiger partial charge in [0.1, 0.15) is 5.75 Å². The van der Waals surface area contributed by atoms with Gasteiger partial charge in [-0.2, -0.15) is 0 Å². The van der Waals surface area contributed by atoms with Gasteiger partial charge in [0.05, 0.1) is 7.11 Å². The number of aliphatic hydroxyl groups is 1. The summed E-state index contributed by atoms with van der Waals surface area (Å²) in [5.41, 5.74) is 2.50. The van der Waals surface area contributed by atoms with Crippen molar-refractivity contribution in [1.29, 1.82) is 0 Å². The summed E-state index contributed by atoms with van der Waals surface area (Å²) in [7, 11) is 1.68. The maximum Gasteiger partial charge on any atom is 0.118 e. The fraction of sp³-hybridized carbons (Fsp3) is 0.556. The minimum absolute atomic E-state index is 0.304. The predicted molar refractivity (Wildman–Crippen MR) is 87.5 cm³/mol. The first kappa shape index (κ1) is 16.1. The summed E-state index contributed by atoms with van der Waals surface area (Å²) >= 11 is 0. The summed E-state index contributed by atoms with van der Waals surface area (Å²) in [6.07, 6.45) is 7.05. The van der Waals surface area contributed by atoms with Crippen molar-refractivity contribution in [2.75, 3.05) is 20.3 Å². The summed E-state index contributed by atoms with van der Waals surface area (Å²) in [6, 6.07) is 8.56. The normalized spacial score (nSPS) is 23.1. The van der Waals surface area contributed by atoms with Crippen LogP contribution in [0.5, 0.6) is 5.75 Å². The lowest BCUT2D eigenvalue weighted by Crippen LogP contribution is -2.40. The van der Waals surface area contributed by atoms with Crippen LogP contribution in [-0.4, -0.2) is 31.4 Å². The molecule has 21 heavy (non-hydrogen) atoms. The molecule has 0 aliphatic heterocycles. The second-order valence-electron chi connectivity index (χ2n) is 5.98. The fourth-order valence-corrected chi connectivity index (χ4v) is 3.02. The van der Waals surface area contributed by atoms with Gasteiger partial charge < -0.3 is 15.2 Å². The zero-order valence-electron chi connectivity index (χ0n) is 13.1. The van der Waals surface area contributed by atoms with Crippen molar-refractivity contribution < 1.29 is 9.84 Å². The Hall–Kier alpha value is -1.32. The van der Waals surface area contributed by atoms with Gasteiger partial charge in [-0.15, -0.1) is 0 Å². The van der Waals surface area contributed by atoms with Crippen molar-refractivity contribution in [1.82, 2.24) is 5.32 Å². The largest absolute Gasteiger partial charge is 0.497 e. The molecule has 2 atom stereocenters. The Morgan fingerprint density at radius 2 is 2.00 bits per heavy atom. The molecule has 1 aliphatic carbocycles. The topological polar surface area (TPSA) is 41.5 Å². The molecule has 0 aromatic heterocycles. The number of hydrogen-bond donors (Lipinski definition) is 2. The van der Waals surface area contributed by atoms with Crippen LogP contribution in [-0.2, 0) is 0 Å². The number of rotatable bonds is 6. The summed E-state index contributed by atoms with van der Waals surface area (Å²) in [6.45, 7) is 3.33. The van der Waals surface area contributed by atoms with Crippen LogP contribution in [0.1, 0.15) is 38.2 Å². The van der Waals surface area contributed by atoms with E-state index in [-0.39, 0.29) is 0 Å². The van der Waals surface area contributed by atoms with Crippen LogP contribution in [0.3, 0.4) is 0 Å². The SMILES string of the molecule is COc1ccc(/C=C(/C)CNC2CCCCC2CO)cc1. The van der Waals surface area contributed by atoms with Gasteiger partial charge in [-0.05, 0) is 43.4 Å². The molecule has 1 fully saturated rings. The third-order valence-corrected chi connectivity index (χ3v) is 4.32. The molecule has 0 heterocycles. The Kier molecular flexibility index (Phi) is 6.27. The van der Waals surface area contributed by atoms with Crippen LogP contribution in [0, 0.1) is 5.92 Å². The Bertz CT molecular complexity index is 453. The number of methoxy groups -OCH3 is 1. The smallest absolute Gasteiger partial charge is 0.118 e. The average molecular weight is 289 g/mol. The molecule has 1 aliphatic rings. The van der Waals surface area contributed by atoms with Crippen molar-refractivity contribution in [2.45, 2.75) is 38.6 Å². The summed E-state index contributed by atoms with van der Waals surface area (Å²) < 4.78 is 5.17. The van der Waals surface area contributed by atoms with E-state index in [1.54, 1.807) is 7.11 Å². The molecule has 3 heteroatoms. The maximum absolute atomic E-state index is 9.44. The van der Waals surface area contributed by atoms with Crippen LogP contribution in [0.25, 0.3) is 6.08 Å². The molecule has 0 spiro atoms. The van der Waals surface area contributed by atoms with Gasteiger partial charge in [0.15, 0.2) is 0 Å². The van der Waals surface area contributed by atoms with E-state index in [0.29, 0.717) is 18.6 Å². The zero-order valence-corrected chi connectivity index (χ0v) is 13.1. The van der Waals surface area contributed by atoms with Crippen molar-refractivity contribution in [3.05, 3.63) is 35.4 Å². The maximum atomic E-state index is 9.44. The highest BCUT2D eigenvalue weighted by Crippen LogP contribution is 2.24. The van der Waals surface area contributed by atoms with E-state index in [9.17, 15) is 5.11 Å². The number of benzene rings is 1. The molecular weight excluding hydrogens is 262 g/mol. The van der Waals surface area contributed by atoms with Gasteiger partial charge >= 0.3 is 0 Å². The molecule has 1 aromatic carbocycles. The van der Waals surface area contributed by atoms with E-state index < -0.39 is 0 Å². The molecular formula is C18H27NO2. The molecule has 1 aromatic rings. The Morgan fingerprint density at radius 1 is 1.29 bits per heavy atom. The van der Waals surface area contributed by atoms with Crippen LogP contribution >= 0.6 is 0 Å². The van der Waals surface area contributed by atoms with Crippen molar-refractivity contribution in [3.63, 3.8) is 0 Å². The second-order valence-corrected chi connectivity index (χ2v) is 5.98. The first-order chi connectivity index (χ1) is 10.2. The van der Waals surface area contributed by atoms with Gasteiger partial charge in [0.25, 0.3) is 0 Å². The second kappa shape index (κ2) is 8.20. The van der Waals surface area contributed by atoms with Crippen molar-refractivity contribution in [2.24, 2.45) is 5.92 Å². The van der Waals surface area contributed by atoms with Crippen LogP contribution in [0.4, 0.5) is 0 Å². The molecule has 3 nitrogen and oxygen atoms in total. The molecule has 0 bridgehead atoms. The average Bonchev–Trinajstić information content (AvgIpc) is 2.54. The summed E-state index contributed by atoms with van der Waals surface area (Å²) in [5.74, 6) is 1.31. The van der Waals surface area contributed by atoms with Gasteiger partial charge in [-0.3, -0.25) is 0 Å². The Balaban J connectivity index is 1.87. The number of hydrogen-bond acceptors (Lipinski definition) is 3. The first-order valence-corrected chi connectivity index (χ1v) is 7.88. The van der Waals surface area contributed by atoms with Gasteiger partial charge in [0.2, 0.25) is 0 Å². The van der Waals surface area contributed by atoms with Gasteiger partial charge in [-0.1, -0.05) is 36.6 Å². The Morgan fingerprint density at radius 3 is 2.67 bits per heavy atom. The quantitative estimate of drug-likeness (QED) is 0.845. The lowest BCUT2D eigenvalue weighted by molar-refractivity contribution is 0.155. The molecule has 0 saturated heterocycles. The minimum atomic E-state index is 0.304. The molecule has 2 rings (SSSR count). The standard InChI is InChI=1S/C18H27NO2/c1-14(11-15-7-9-17(21-2)10-8-15)12-19-18-6-4-3-5-16(18)13-20/h7-11,16,18-20H,3-6,12-13H2,1-2H3/b14-11-. The Labute approximate surface area is 128 Å². The highest BCUT2D eigenvalue weighted by molar-refractivity contribution is 5.53. The van der Waals surface area contributed by atoms with E-state index in [0.717, 1.165) is 18.7 Å². The molecule has 0 radical (unpaired) electrons. The van der Waals surface area contributed by atoms with E-state index in [2.05, 4.69) is 30.4 Å². The lowest BCUT2D eigenvalue weighted by Gasteiger charge is -2.31. The summed E-state index contributed by atoms with van der Waals surface area (Å²) in [4.78, 5) is 0. The monoisotopic (exact) mass is 289 g/mol. The zero-order chi connectivity index (χ0) is 15.1. The molecule has 116 valence electrons. The predicted octanol–water partition coefficient (Wildman–Crippen LogP) is 3.24. The van der Waals surface area contributed by atoms with E-state index in [4.69, 9.17) is 4.74 Å². The number of aliphatic hydroxyl groups excluding tert-OH is 1. The minimum Gasteiger partial charge on any atom is -0.497 e. The van der Waals surface area contributed by atoms with Gasteiger partial charge in [0, 0.05) is 19.2 Å². The first-order valence-electron chi connectivity index (χ1n) is 7.88. The lowest BCUT2D eigenvalue weighted by atomic mass is 9.85. The molecule has 0 amide bonds. The highest BCUT2D eigenvalue weighted by atomic mass is 16.5. The van der Waals surface area contributed by atoms with Crippen molar-refractivity contribution >= 4 is 6.08 Å². The number of nitrogens with one attached hydrogen (secondary N) is 1. The van der Waals surface area contributed by atoms with Gasteiger partial charge in [-0.25, -0.2) is 0 Å². The molecule has 2 N–H and O–H groups in total. The third-order valence-electron chi connectivity index (χ3n) is 4.32. The van der Waals surface area contributed by atoms with E-state index >= 15 is 0 Å². The van der Waals surface area contributed by atoms with Crippen LogP contribution < -0.4 is 10.1 Å². The van der Waals surface area contributed by atoms with Crippen LogP contribution in [0.2, 0.25) is 0 Å². The third kappa shape index (κ3) is 4.87. The fourth-order valence-electron chi connectivity index (χ4n) is 3.02. The number of ether oxygens (including phenoxy) is 1. The van der Waals surface area contributed by atoms with Crippen molar-refractivity contribution in [3.8, 4) is 5.75 Å².